The van der Waals surface area contributed by atoms with Crippen LogP contribution in [0.1, 0.15) is 18.4 Å². The Balaban J connectivity index is 1.61. The van der Waals surface area contributed by atoms with Crippen molar-refractivity contribution in [1.29, 1.82) is 0 Å². The van der Waals surface area contributed by atoms with E-state index in [1.54, 1.807) is 18.4 Å². The molecule has 8 heteroatoms. The molecule has 0 aliphatic carbocycles. The predicted octanol–water partition coefficient (Wildman–Crippen LogP) is 2.31. The molecule has 2 aliphatic rings. The average molecular weight is 402 g/mol. The molecule has 28 heavy (non-hydrogen) atoms. The van der Waals surface area contributed by atoms with Crippen molar-refractivity contribution < 1.29 is 9.84 Å². The normalized spacial score (nSPS) is 22.5. The Morgan fingerprint density at radius 1 is 1.39 bits per heavy atom. The highest BCUT2D eigenvalue weighted by atomic mass is 32.1. The van der Waals surface area contributed by atoms with Crippen LogP contribution in [0.2, 0.25) is 0 Å². The van der Waals surface area contributed by atoms with E-state index in [0.717, 1.165) is 46.8 Å². The van der Waals surface area contributed by atoms with Crippen LogP contribution in [0, 0.1) is 0 Å². The third kappa shape index (κ3) is 3.99. The summed E-state index contributed by atoms with van der Waals surface area (Å²) in [5, 5.41) is 18.2. The molecule has 1 aromatic carbocycles. The highest BCUT2D eigenvalue weighted by Crippen LogP contribution is 2.33. The minimum absolute atomic E-state index is 0.274. The lowest BCUT2D eigenvalue weighted by atomic mass is 10.1. The summed E-state index contributed by atoms with van der Waals surface area (Å²) in [6.07, 6.45) is 2.29. The van der Waals surface area contributed by atoms with Crippen molar-refractivity contribution in [2.75, 3.05) is 46.9 Å². The Kier molecular flexibility index (Phi) is 5.79. The number of hydrogen-bond acceptors (Lipinski definition) is 7. The van der Waals surface area contributed by atoms with E-state index in [2.05, 4.69) is 27.4 Å². The fourth-order valence-electron chi connectivity index (χ4n) is 3.84. The van der Waals surface area contributed by atoms with Crippen LogP contribution in [0.4, 0.5) is 0 Å². The van der Waals surface area contributed by atoms with Crippen LogP contribution in [-0.2, 0) is 4.74 Å². The standard InChI is InChI=1S/C20H27N5O2S/c1-24-8-3-4-14(12-24)21-18-13-25(9-10-27-2)20(23-22-18)16-5-6-17-15(19(16)26)7-11-28-17/h5-7,11,14,26H,3-4,8-10,12-13H2,1-2H3,(H,21,22)/t14-/m1/s1. The van der Waals surface area contributed by atoms with E-state index >= 15 is 0 Å². The van der Waals surface area contributed by atoms with Crippen molar-refractivity contribution in [3.63, 3.8) is 0 Å². The number of fused-ring (bicyclic) bond motifs is 1. The molecule has 0 radical (unpaired) electrons. The Morgan fingerprint density at radius 2 is 2.29 bits per heavy atom. The molecule has 1 fully saturated rings. The Hall–Kier alpha value is -2.16. The topological polar surface area (TPSA) is 72.7 Å². The number of nitrogens with one attached hydrogen (secondary N) is 1. The SMILES string of the molecule is COCCN1CC(=N[C@@H]2CCCN(C)C2)NN=C1c1ccc2sccc2c1O. The lowest BCUT2D eigenvalue weighted by Crippen LogP contribution is -2.48. The fraction of sp³-hybridized carbons (Fsp3) is 0.500. The van der Waals surface area contributed by atoms with Gasteiger partial charge in [-0.15, -0.1) is 11.3 Å². The molecule has 7 nitrogen and oxygen atoms in total. The summed E-state index contributed by atoms with van der Waals surface area (Å²) < 4.78 is 6.36. The molecule has 0 spiro atoms. The number of ether oxygens (including phenoxy) is 1. The van der Waals surface area contributed by atoms with Gasteiger partial charge >= 0.3 is 0 Å². The molecule has 0 unspecified atom stereocenters. The van der Waals surface area contributed by atoms with Crippen molar-refractivity contribution in [1.82, 2.24) is 15.2 Å². The number of phenols is 1. The first kappa shape index (κ1) is 19.2. The summed E-state index contributed by atoms with van der Waals surface area (Å²) in [4.78, 5) is 9.36. The number of thiophene rings is 1. The first-order valence-corrected chi connectivity index (χ1v) is 10.6. The molecule has 1 atom stereocenters. The molecule has 150 valence electrons. The first-order valence-electron chi connectivity index (χ1n) is 9.68. The second-order valence-electron chi connectivity index (χ2n) is 7.39. The monoisotopic (exact) mass is 401 g/mol. The van der Waals surface area contributed by atoms with Gasteiger partial charge in [-0.1, -0.05) is 0 Å². The maximum atomic E-state index is 10.8. The van der Waals surface area contributed by atoms with Gasteiger partial charge in [0.15, 0.2) is 5.84 Å². The van der Waals surface area contributed by atoms with Gasteiger partial charge in [0.05, 0.1) is 24.8 Å². The van der Waals surface area contributed by atoms with E-state index in [1.165, 1.54) is 6.42 Å². The van der Waals surface area contributed by atoms with Crippen LogP contribution in [0.5, 0.6) is 5.75 Å². The molecule has 2 aromatic rings. The largest absolute Gasteiger partial charge is 0.507 e. The van der Waals surface area contributed by atoms with Crippen LogP contribution >= 0.6 is 11.3 Å². The number of hydrogen-bond donors (Lipinski definition) is 2. The van der Waals surface area contributed by atoms with Gasteiger partial charge in [-0.3, -0.25) is 10.4 Å². The average Bonchev–Trinajstić information content (AvgIpc) is 3.17. The highest BCUT2D eigenvalue weighted by Gasteiger charge is 2.25. The van der Waals surface area contributed by atoms with E-state index in [1.807, 2.05) is 23.6 Å². The summed E-state index contributed by atoms with van der Waals surface area (Å²) in [6.45, 7) is 4.02. The molecule has 0 saturated carbocycles. The Morgan fingerprint density at radius 3 is 3.11 bits per heavy atom. The lowest BCUT2D eigenvalue weighted by Gasteiger charge is -2.32. The zero-order chi connectivity index (χ0) is 19.5. The van der Waals surface area contributed by atoms with Gasteiger partial charge in [-0.2, -0.15) is 5.10 Å². The number of hydrazone groups is 1. The smallest absolute Gasteiger partial charge is 0.160 e. The van der Waals surface area contributed by atoms with Crippen LogP contribution < -0.4 is 5.43 Å². The number of likely N-dealkylation sites (tertiary alicyclic amines) is 1. The molecule has 3 heterocycles. The molecule has 2 N–H and O–H groups in total. The Bertz CT molecular complexity index is 894. The molecule has 0 amide bonds. The van der Waals surface area contributed by atoms with Crippen LogP contribution in [0.15, 0.2) is 33.7 Å². The zero-order valence-electron chi connectivity index (χ0n) is 16.4. The van der Waals surface area contributed by atoms with Crippen LogP contribution in [-0.4, -0.2) is 79.6 Å². The van der Waals surface area contributed by atoms with E-state index in [-0.39, 0.29) is 5.75 Å². The molecular formula is C20H27N5O2S. The molecule has 1 saturated heterocycles. The number of phenolic OH excluding ortho intramolecular Hbond substituents is 1. The summed E-state index contributed by atoms with van der Waals surface area (Å²) in [5.74, 6) is 1.87. The first-order chi connectivity index (χ1) is 13.7. The van der Waals surface area contributed by atoms with Gasteiger partial charge in [0.2, 0.25) is 0 Å². The number of amidine groups is 2. The van der Waals surface area contributed by atoms with Gasteiger partial charge in [0.1, 0.15) is 11.6 Å². The van der Waals surface area contributed by atoms with Crippen LogP contribution in [0.25, 0.3) is 10.1 Å². The molecule has 1 aromatic heterocycles. The number of piperidine rings is 1. The molecule has 4 rings (SSSR count). The highest BCUT2D eigenvalue weighted by molar-refractivity contribution is 7.17. The van der Waals surface area contributed by atoms with Gasteiger partial charge in [0.25, 0.3) is 0 Å². The van der Waals surface area contributed by atoms with Gasteiger partial charge in [-0.25, -0.2) is 0 Å². The zero-order valence-corrected chi connectivity index (χ0v) is 17.2. The van der Waals surface area contributed by atoms with Crippen molar-refractivity contribution in [2.24, 2.45) is 10.1 Å². The quantitative estimate of drug-likeness (QED) is 0.804. The fourth-order valence-corrected chi connectivity index (χ4v) is 4.63. The molecule has 0 bridgehead atoms. The summed E-state index contributed by atoms with van der Waals surface area (Å²) in [5.41, 5.74) is 3.86. The third-order valence-electron chi connectivity index (χ3n) is 5.28. The molecular weight excluding hydrogens is 374 g/mol. The second kappa shape index (κ2) is 8.46. The summed E-state index contributed by atoms with van der Waals surface area (Å²) >= 11 is 1.62. The lowest BCUT2D eigenvalue weighted by molar-refractivity contribution is 0.179. The maximum absolute atomic E-state index is 10.8. The van der Waals surface area contributed by atoms with Gasteiger partial charge in [0, 0.05) is 30.3 Å². The van der Waals surface area contributed by atoms with Crippen molar-refractivity contribution in [3.8, 4) is 5.75 Å². The summed E-state index contributed by atoms with van der Waals surface area (Å²) in [7, 11) is 3.84. The van der Waals surface area contributed by atoms with E-state index in [0.29, 0.717) is 25.7 Å². The van der Waals surface area contributed by atoms with Gasteiger partial charge < -0.3 is 19.6 Å². The summed E-state index contributed by atoms with van der Waals surface area (Å²) in [6, 6.07) is 6.22. The third-order valence-corrected chi connectivity index (χ3v) is 6.16. The number of methoxy groups -OCH3 is 1. The molecule has 2 aliphatic heterocycles. The van der Waals surface area contributed by atoms with E-state index in [9.17, 15) is 5.11 Å². The van der Waals surface area contributed by atoms with E-state index < -0.39 is 0 Å². The Labute approximate surface area is 169 Å². The van der Waals surface area contributed by atoms with Crippen molar-refractivity contribution >= 4 is 33.1 Å². The maximum Gasteiger partial charge on any atom is 0.160 e. The van der Waals surface area contributed by atoms with Crippen molar-refractivity contribution in [3.05, 3.63) is 29.1 Å². The predicted molar refractivity (Wildman–Crippen MR) is 115 cm³/mol. The van der Waals surface area contributed by atoms with Crippen LogP contribution in [0.3, 0.4) is 0 Å². The number of aliphatic imine (C=N–C) groups is 1. The number of benzene rings is 1. The number of likely N-dealkylation sites (N-methyl/N-ethyl adjacent to an activating group) is 1. The van der Waals surface area contributed by atoms with E-state index in [4.69, 9.17) is 9.73 Å². The second-order valence-corrected chi connectivity index (χ2v) is 8.34. The number of nitrogens with zero attached hydrogens (tertiary/aromatic N) is 4. The van der Waals surface area contributed by atoms with Gasteiger partial charge in [-0.05, 0) is 50.0 Å². The van der Waals surface area contributed by atoms with Crippen molar-refractivity contribution in [2.45, 2.75) is 18.9 Å². The number of aromatic hydroxyl groups is 1. The minimum Gasteiger partial charge on any atom is -0.507 e. The minimum atomic E-state index is 0.274. The number of rotatable bonds is 5.